The molecule has 0 aromatic heterocycles. The van der Waals surface area contributed by atoms with Crippen molar-refractivity contribution in [1.29, 1.82) is 0 Å². The maximum Gasteiger partial charge on any atom is 0.221 e. The topological polar surface area (TPSA) is 55.1 Å². The quantitative estimate of drug-likeness (QED) is 0.711. The first-order valence-corrected chi connectivity index (χ1v) is 4.84. The van der Waals surface area contributed by atoms with Crippen LogP contribution in [-0.2, 0) is 4.79 Å². The number of benzene rings is 1. The summed E-state index contributed by atoms with van der Waals surface area (Å²) < 4.78 is 0. The van der Waals surface area contributed by atoms with Crippen LogP contribution in [-0.4, -0.2) is 5.91 Å². The van der Waals surface area contributed by atoms with Crippen LogP contribution in [0.5, 0.6) is 0 Å². The first-order valence-electron chi connectivity index (χ1n) is 4.84. The van der Waals surface area contributed by atoms with Crippen LogP contribution in [0.2, 0.25) is 0 Å². The van der Waals surface area contributed by atoms with Crippen molar-refractivity contribution in [3.8, 4) is 0 Å². The average Bonchev–Trinajstić information content (AvgIpc) is 2.19. The summed E-state index contributed by atoms with van der Waals surface area (Å²) in [6.45, 7) is 1.97. The van der Waals surface area contributed by atoms with Crippen molar-refractivity contribution in [1.82, 2.24) is 5.32 Å². The molecule has 3 nitrogen and oxygen atoms in total. The van der Waals surface area contributed by atoms with E-state index in [1.165, 1.54) is 0 Å². The molecule has 1 atom stereocenters. The number of carbonyl (C=O) groups excluding carboxylic acids is 1. The molecule has 76 valence electrons. The van der Waals surface area contributed by atoms with Crippen LogP contribution in [0.1, 0.15) is 31.5 Å². The first-order chi connectivity index (χ1) is 6.74. The Balaban J connectivity index is 2.50. The SMILES string of the molecule is CCCC(=O)NC(N)c1ccccc1. The first kappa shape index (κ1) is 10.7. The third-order valence-corrected chi connectivity index (χ3v) is 1.95. The highest BCUT2D eigenvalue weighted by Crippen LogP contribution is 2.06. The van der Waals surface area contributed by atoms with Crippen molar-refractivity contribution in [2.24, 2.45) is 5.73 Å². The Morgan fingerprint density at radius 3 is 2.64 bits per heavy atom. The minimum Gasteiger partial charge on any atom is -0.337 e. The predicted molar refractivity (Wildman–Crippen MR) is 56.4 cm³/mol. The lowest BCUT2D eigenvalue weighted by atomic mass is 10.2. The summed E-state index contributed by atoms with van der Waals surface area (Å²) in [5.74, 6) is 0.00357. The highest BCUT2D eigenvalue weighted by molar-refractivity contribution is 5.76. The second-order valence-corrected chi connectivity index (χ2v) is 3.21. The van der Waals surface area contributed by atoms with E-state index >= 15 is 0 Å². The van der Waals surface area contributed by atoms with Gasteiger partial charge in [0.1, 0.15) is 6.17 Å². The molecule has 14 heavy (non-hydrogen) atoms. The molecule has 0 aliphatic heterocycles. The van der Waals surface area contributed by atoms with Gasteiger partial charge in [-0.2, -0.15) is 0 Å². The second kappa shape index (κ2) is 5.40. The van der Waals surface area contributed by atoms with E-state index in [0.717, 1.165) is 12.0 Å². The smallest absolute Gasteiger partial charge is 0.221 e. The van der Waals surface area contributed by atoms with E-state index in [-0.39, 0.29) is 5.91 Å². The van der Waals surface area contributed by atoms with Crippen LogP contribution in [0.25, 0.3) is 0 Å². The van der Waals surface area contributed by atoms with Crippen molar-refractivity contribution in [2.75, 3.05) is 0 Å². The van der Waals surface area contributed by atoms with E-state index in [1.54, 1.807) is 0 Å². The fraction of sp³-hybridized carbons (Fsp3) is 0.364. The number of hydrogen-bond donors (Lipinski definition) is 2. The summed E-state index contributed by atoms with van der Waals surface area (Å²) in [6.07, 6.45) is 0.976. The Hall–Kier alpha value is -1.35. The normalized spacial score (nSPS) is 12.1. The highest BCUT2D eigenvalue weighted by atomic mass is 16.1. The van der Waals surface area contributed by atoms with Crippen LogP contribution in [0.15, 0.2) is 30.3 Å². The number of amides is 1. The average molecular weight is 192 g/mol. The van der Waals surface area contributed by atoms with Crippen molar-refractivity contribution in [3.05, 3.63) is 35.9 Å². The van der Waals surface area contributed by atoms with Crippen LogP contribution >= 0.6 is 0 Å². The van der Waals surface area contributed by atoms with Crippen molar-refractivity contribution < 1.29 is 4.79 Å². The van der Waals surface area contributed by atoms with Crippen molar-refractivity contribution in [2.45, 2.75) is 25.9 Å². The molecule has 0 bridgehead atoms. The Kier molecular flexibility index (Phi) is 4.13. The third kappa shape index (κ3) is 3.18. The second-order valence-electron chi connectivity index (χ2n) is 3.21. The lowest BCUT2D eigenvalue weighted by Gasteiger charge is -2.13. The van der Waals surface area contributed by atoms with Gasteiger partial charge in [-0.3, -0.25) is 4.79 Å². The van der Waals surface area contributed by atoms with Gasteiger partial charge in [-0.15, -0.1) is 0 Å². The maximum absolute atomic E-state index is 11.2. The maximum atomic E-state index is 11.2. The lowest BCUT2D eigenvalue weighted by molar-refractivity contribution is -0.121. The number of carbonyl (C=O) groups is 1. The summed E-state index contributed by atoms with van der Waals surface area (Å²) in [7, 11) is 0. The van der Waals surface area contributed by atoms with Crippen LogP contribution in [0.3, 0.4) is 0 Å². The van der Waals surface area contributed by atoms with Gasteiger partial charge < -0.3 is 11.1 Å². The number of nitrogens with two attached hydrogens (primary N) is 1. The largest absolute Gasteiger partial charge is 0.337 e. The Morgan fingerprint density at radius 1 is 1.43 bits per heavy atom. The summed E-state index contributed by atoms with van der Waals surface area (Å²) in [5, 5.41) is 2.74. The van der Waals surface area contributed by atoms with Crippen LogP contribution in [0, 0.1) is 0 Å². The zero-order valence-corrected chi connectivity index (χ0v) is 8.36. The molecule has 0 radical (unpaired) electrons. The fourth-order valence-corrected chi connectivity index (χ4v) is 1.22. The summed E-state index contributed by atoms with van der Waals surface area (Å²) >= 11 is 0. The van der Waals surface area contributed by atoms with Gasteiger partial charge in [0.05, 0.1) is 0 Å². The van der Waals surface area contributed by atoms with E-state index < -0.39 is 6.17 Å². The van der Waals surface area contributed by atoms with Gasteiger partial charge in [0.2, 0.25) is 5.91 Å². The molecule has 1 unspecified atom stereocenters. The van der Waals surface area contributed by atoms with E-state index in [4.69, 9.17) is 5.73 Å². The standard InChI is InChI=1S/C11H16N2O/c1-2-6-10(14)13-11(12)9-7-4-3-5-8-9/h3-5,7-8,11H,2,6,12H2,1H3,(H,13,14). The van der Waals surface area contributed by atoms with E-state index in [9.17, 15) is 4.79 Å². The number of hydrogen-bond acceptors (Lipinski definition) is 2. The zero-order chi connectivity index (χ0) is 10.4. The van der Waals surface area contributed by atoms with Gasteiger partial charge in [0.15, 0.2) is 0 Å². The van der Waals surface area contributed by atoms with E-state index in [1.807, 2.05) is 37.3 Å². The molecular weight excluding hydrogens is 176 g/mol. The molecule has 1 amide bonds. The van der Waals surface area contributed by atoms with Gasteiger partial charge in [0.25, 0.3) is 0 Å². The lowest BCUT2D eigenvalue weighted by Crippen LogP contribution is -2.33. The Morgan fingerprint density at radius 2 is 2.07 bits per heavy atom. The van der Waals surface area contributed by atoms with Crippen molar-refractivity contribution >= 4 is 5.91 Å². The predicted octanol–water partition coefficient (Wildman–Crippen LogP) is 1.56. The van der Waals surface area contributed by atoms with Crippen LogP contribution < -0.4 is 11.1 Å². The third-order valence-electron chi connectivity index (χ3n) is 1.95. The van der Waals surface area contributed by atoms with Gasteiger partial charge in [0, 0.05) is 6.42 Å². The van der Waals surface area contributed by atoms with Crippen LogP contribution in [0.4, 0.5) is 0 Å². The minimum absolute atomic E-state index is 0.00357. The monoisotopic (exact) mass is 192 g/mol. The molecule has 1 aromatic carbocycles. The molecule has 1 rings (SSSR count). The zero-order valence-electron chi connectivity index (χ0n) is 8.36. The van der Waals surface area contributed by atoms with Gasteiger partial charge in [-0.1, -0.05) is 37.3 Å². The molecule has 0 fully saturated rings. The molecule has 3 heteroatoms. The van der Waals surface area contributed by atoms with Crippen molar-refractivity contribution in [3.63, 3.8) is 0 Å². The molecule has 0 saturated heterocycles. The molecular formula is C11H16N2O. The summed E-state index contributed by atoms with van der Waals surface area (Å²) in [6, 6.07) is 9.53. The molecule has 3 N–H and O–H groups in total. The summed E-state index contributed by atoms with van der Waals surface area (Å²) in [5.41, 5.74) is 6.72. The number of nitrogens with one attached hydrogen (secondary N) is 1. The Labute approximate surface area is 84.3 Å². The molecule has 0 heterocycles. The van der Waals surface area contributed by atoms with E-state index in [2.05, 4.69) is 5.32 Å². The minimum atomic E-state index is -0.393. The molecule has 1 aromatic rings. The molecule has 0 aliphatic rings. The molecule has 0 spiro atoms. The Bertz CT molecular complexity index is 285. The van der Waals surface area contributed by atoms with Gasteiger partial charge in [-0.05, 0) is 12.0 Å². The van der Waals surface area contributed by atoms with E-state index in [0.29, 0.717) is 6.42 Å². The molecule has 0 saturated carbocycles. The number of rotatable bonds is 4. The van der Waals surface area contributed by atoms with Gasteiger partial charge in [-0.25, -0.2) is 0 Å². The molecule has 0 aliphatic carbocycles. The highest BCUT2D eigenvalue weighted by Gasteiger charge is 2.07. The fourth-order valence-electron chi connectivity index (χ4n) is 1.22. The van der Waals surface area contributed by atoms with Gasteiger partial charge >= 0.3 is 0 Å². The summed E-state index contributed by atoms with van der Waals surface area (Å²) in [4.78, 5) is 11.2.